The van der Waals surface area contributed by atoms with E-state index in [-0.39, 0.29) is 11.2 Å². The Morgan fingerprint density at radius 1 is 1.10 bits per heavy atom. The van der Waals surface area contributed by atoms with Crippen molar-refractivity contribution in [2.75, 3.05) is 13.7 Å². The minimum Gasteiger partial charge on any atom is -0.497 e. The van der Waals surface area contributed by atoms with Crippen molar-refractivity contribution in [3.05, 3.63) is 60.2 Å². The van der Waals surface area contributed by atoms with Crippen LogP contribution in [-0.2, 0) is 9.53 Å². The average molecular weight is 302 g/mol. The van der Waals surface area contributed by atoms with E-state index in [0.29, 0.717) is 6.61 Å². The van der Waals surface area contributed by atoms with E-state index in [9.17, 15) is 4.79 Å². The van der Waals surface area contributed by atoms with Gasteiger partial charge in [0.05, 0.1) is 13.7 Å². The number of rotatable bonds is 6. The van der Waals surface area contributed by atoms with Crippen molar-refractivity contribution in [1.29, 1.82) is 0 Å². The van der Waals surface area contributed by atoms with Gasteiger partial charge in [0.25, 0.3) is 0 Å². The molecule has 0 N–H and O–H groups in total. The van der Waals surface area contributed by atoms with Crippen molar-refractivity contribution >= 4 is 17.7 Å². The molecule has 0 aliphatic carbocycles. The van der Waals surface area contributed by atoms with Gasteiger partial charge in [0.1, 0.15) is 11.0 Å². The van der Waals surface area contributed by atoms with E-state index < -0.39 is 0 Å². The first kappa shape index (κ1) is 15.4. The number of carbonyl (C=O) groups excluding carboxylic acids is 1. The fourth-order valence-electron chi connectivity index (χ4n) is 1.88. The lowest BCUT2D eigenvalue weighted by atomic mass is 10.1. The normalized spacial score (nSPS) is 11.7. The second-order valence-electron chi connectivity index (χ2n) is 4.34. The highest BCUT2D eigenvalue weighted by Crippen LogP contribution is 2.36. The van der Waals surface area contributed by atoms with Gasteiger partial charge in [-0.1, -0.05) is 30.3 Å². The summed E-state index contributed by atoms with van der Waals surface area (Å²) in [5.74, 6) is 0.544. The van der Waals surface area contributed by atoms with Gasteiger partial charge in [-0.2, -0.15) is 0 Å². The van der Waals surface area contributed by atoms with Crippen molar-refractivity contribution in [3.63, 3.8) is 0 Å². The summed E-state index contributed by atoms with van der Waals surface area (Å²) in [5, 5.41) is -0.377. The number of benzene rings is 2. The number of esters is 1. The van der Waals surface area contributed by atoms with Gasteiger partial charge < -0.3 is 9.47 Å². The van der Waals surface area contributed by atoms with Crippen LogP contribution in [0.4, 0.5) is 0 Å². The van der Waals surface area contributed by atoms with Crippen LogP contribution in [0.1, 0.15) is 17.7 Å². The van der Waals surface area contributed by atoms with Gasteiger partial charge in [0, 0.05) is 4.90 Å². The van der Waals surface area contributed by atoms with Gasteiger partial charge in [-0.25, -0.2) is 0 Å². The molecule has 0 saturated carbocycles. The molecule has 110 valence electrons. The summed E-state index contributed by atoms with van der Waals surface area (Å²) in [6, 6.07) is 17.3. The molecule has 0 spiro atoms. The molecule has 0 amide bonds. The monoisotopic (exact) mass is 302 g/mol. The number of carbonyl (C=O) groups is 1. The first-order valence-electron chi connectivity index (χ1n) is 6.77. The Labute approximate surface area is 129 Å². The lowest BCUT2D eigenvalue weighted by Crippen LogP contribution is -2.13. The molecule has 0 saturated heterocycles. The molecule has 0 aliphatic heterocycles. The second kappa shape index (κ2) is 7.74. The van der Waals surface area contributed by atoms with Gasteiger partial charge in [-0.15, -0.1) is 11.8 Å². The maximum absolute atomic E-state index is 12.2. The van der Waals surface area contributed by atoms with Crippen LogP contribution in [0.2, 0.25) is 0 Å². The van der Waals surface area contributed by atoms with E-state index in [4.69, 9.17) is 9.47 Å². The molecule has 0 fully saturated rings. The molecule has 2 aromatic rings. The van der Waals surface area contributed by atoms with Gasteiger partial charge in [-0.05, 0) is 36.8 Å². The van der Waals surface area contributed by atoms with E-state index in [0.717, 1.165) is 16.2 Å². The molecule has 3 nitrogen and oxygen atoms in total. The van der Waals surface area contributed by atoms with E-state index in [1.54, 1.807) is 7.11 Å². The van der Waals surface area contributed by atoms with E-state index in [2.05, 4.69) is 0 Å². The maximum atomic E-state index is 12.2. The third kappa shape index (κ3) is 4.26. The zero-order valence-electron chi connectivity index (χ0n) is 12.1. The third-order valence-corrected chi connectivity index (χ3v) is 4.16. The van der Waals surface area contributed by atoms with Gasteiger partial charge in [0.15, 0.2) is 0 Å². The van der Waals surface area contributed by atoms with Crippen molar-refractivity contribution in [2.45, 2.75) is 17.1 Å². The highest BCUT2D eigenvalue weighted by molar-refractivity contribution is 8.00. The molecule has 0 heterocycles. The van der Waals surface area contributed by atoms with Crippen LogP contribution in [0.3, 0.4) is 0 Å². The van der Waals surface area contributed by atoms with Crippen molar-refractivity contribution in [1.82, 2.24) is 0 Å². The molecule has 1 unspecified atom stereocenters. The van der Waals surface area contributed by atoms with Crippen LogP contribution in [-0.4, -0.2) is 19.7 Å². The van der Waals surface area contributed by atoms with E-state index >= 15 is 0 Å². The first-order valence-corrected chi connectivity index (χ1v) is 7.65. The minimum atomic E-state index is -0.377. The van der Waals surface area contributed by atoms with Gasteiger partial charge in [-0.3, -0.25) is 4.79 Å². The van der Waals surface area contributed by atoms with Gasteiger partial charge in [0.2, 0.25) is 0 Å². The van der Waals surface area contributed by atoms with Crippen molar-refractivity contribution in [3.8, 4) is 5.75 Å². The molecule has 4 heteroatoms. The Morgan fingerprint density at radius 3 is 2.33 bits per heavy atom. The number of methoxy groups -OCH3 is 1. The highest BCUT2D eigenvalue weighted by atomic mass is 32.2. The summed E-state index contributed by atoms with van der Waals surface area (Å²) in [4.78, 5) is 13.3. The lowest BCUT2D eigenvalue weighted by Gasteiger charge is -2.16. The molecule has 0 aliphatic rings. The number of thioether (sulfide) groups is 1. The standard InChI is InChI=1S/C17H18O3S/c1-3-20-17(18)16(21-15-7-5-4-6-8-15)13-9-11-14(19-2)12-10-13/h4-12,16H,3H2,1-2H3. The minimum absolute atomic E-state index is 0.225. The maximum Gasteiger partial charge on any atom is 0.323 e. The summed E-state index contributed by atoms with van der Waals surface area (Å²) in [6.07, 6.45) is 0. The SMILES string of the molecule is CCOC(=O)C(Sc1ccccc1)c1ccc(OC)cc1. The molecule has 2 aromatic carbocycles. The van der Waals surface area contributed by atoms with E-state index in [1.165, 1.54) is 11.8 Å². The van der Waals surface area contributed by atoms with Gasteiger partial charge >= 0.3 is 5.97 Å². The molecule has 2 rings (SSSR count). The number of hydrogen-bond donors (Lipinski definition) is 0. The predicted molar refractivity (Wildman–Crippen MR) is 84.7 cm³/mol. The molecular formula is C17H18O3S. The molecule has 0 bridgehead atoms. The van der Waals surface area contributed by atoms with Crippen LogP contribution in [0.25, 0.3) is 0 Å². The van der Waals surface area contributed by atoms with Crippen LogP contribution >= 0.6 is 11.8 Å². The Bertz CT molecular complexity index is 566. The Balaban J connectivity index is 2.24. The fourth-order valence-corrected chi connectivity index (χ4v) is 2.93. The van der Waals surface area contributed by atoms with E-state index in [1.807, 2.05) is 61.5 Å². The molecule has 0 radical (unpaired) electrons. The fraction of sp³-hybridized carbons (Fsp3) is 0.235. The number of hydrogen-bond acceptors (Lipinski definition) is 4. The second-order valence-corrected chi connectivity index (χ2v) is 5.51. The topological polar surface area (TPSA) is 35.5 Å². The molecule has 1 atom stereocenters. The zero-order valence-corrected chi connectivity index (χ0v) is 12.9. The zero-order chi connectivity index (χ0) is 15.1. The Hall–Kier alpha value is -1.94. The summed E-state index contributed by atoms with van der Waals surface area (Å²) >= 11 is 1.49. The average Bonchev–Trinajstić information content (AvgIpc) is 2.54. The summed E-state index contributed by atoms with van der Waals surface area (Å²) in [5.41, 5.74) is 0.906. The van der Waals surface area contributed by atoms with Crippen LogP contribution in [0, 0.1) is 0 Å². The van der Waals surface area contributed by atoms with Crippen LogP contribution in [0.15, 0.2) is 59.5 Å². The lowest BCUT2D eigenvalue weighted by molar-refractivity contribution is -0.142. The largest absolute Gasteiger partial charge is 0.497 e. The molecular weight excluding hydrogens is 284 g/mol. The first-order chi connectivity index (χ1) is 10.2. The third-order valence-electron chi connectivity index (χ3n) is 2.92. The quantitative estimate of drug-likeness (QED) is 0.594. The van der Waals surface area contributed by atoms with Crippen LogP contribution < -0.4 is 4.74 Å². The van der Waals surface area contributed by atoms with Crippen molar-refractivity contribution < 1.29 is 14.3 Å². The van der Waals surface area contributed by atoms with Crippen LogP contribution in [0.5, 0.6) is 5.75 Å². The highest BCUT2D eigenvalue weighted by Gasteiger charge is 2.23. The number of ether oxygens (including phenoxy) is 2. The smallest absolute Gasteiger partial charge is 0.323 e. The summed E-state index contributed by atoms with van der Waals surface area (Å²) < 4.78 is 10.3. The molecule has 21 heavy (non-hydrogen) atoms. The Kier molecular flexibility index (Phi) is 5.69. The summed E-state index contributed by atoms with van der Waals surface area (Å²) in [6.45, 7) is 2.19. The summed E-state index contributed by atoms with van der Waals surface area (Å²) in [7, 11) is 1.62. The predicted octanol–water partition coefficient (Wildman–Crippen LogP) is 4.09. The molecule has 0 aromatic heterocycles. The van der Waals surface area contributed by atoms with Crippen molar-refractivity contribution in [2.24, 2.45) is 0 Å². The Morgan fingerprint density at radius 2 is 1.76 bits per heavy atom.